The van der Waals surface area contributed by atoms with Crippen molar-refractivity contribution < 1.29 is 14.6 Å². The predicted molar refractivity (Wildman–Crippen MR) is 127 cm³/mol. The zero-order valence-electron chi connectivity index (χ0n) is 18.5. The van der Waals surface area contributed by atoms with Crippen molar-refractivity contribution in [3.05, 3.63) is 65.5 Å². The van der Waals surface area contributed by atoms with Gasteiger partial charge in [-0.2, -0.15) is 0 Å². The molecule has 2 aliphatic heterocycles. The molecule has 0 unspecified atom stereocenters. The van der Waals surface area contributed by atoms with Crippen molar-refractivity contribution in [2.75, 3.05) is 25.5 Å². The number of hydrogen-bond donors (Lipinski definition) is 2. The molecular formula is C25H26N4O3S. The first kappa shape index (κ1) is 21.7. The fraction of sp³-hybridized carbons (Fsp3) is 0.320. The number of fused-ring (bicyclic) bond motifs is 2. The van der Waals surface area contributed by atoms with E-state index in [0.717, 1.165) is 54.6 Å². The Bertz CT molecular complexity index is 1180. The Kier molecular flexibility index (Phi) is 6.20. The van der Waals surface area contributed by atoms with Gasteiger partial charge in [-0.3, -0.25) is 9.69 Å². The summed E-state index contributed by atoms with van der Waals surface area (Å²) in [7, 11) is 1.60. The van der Waals surface area contributed by atoms with Gasteiger partial charge in [0, 0.05) is 29.4 Å². The average Bonchev–Trinajstić information content (AvgIpc) is 2.83. The van der Waals surface area contributed by atoms with E-state index in [4.69, 9.17) is 9.84 Å². The maximum Gasteiger partial charge on any atom is 0.307 e. The van der Waals surface area contributed by atoms with Gasteiger partial charge >= 0.3 is 5.97 Å². The molecule has 2 N–H and O–H groups in total. The molecule has 1 saturated heterocycles. The molecule has 2 aromatic carbocycles. The van der Waals surface area contributed by atoms with E-state index in [-0.39, 0.29) is 6.42 Å². The van der Waals surface area contributed by atoms with Crippen molar-refractivity contribution >= 4 is 29.2 Å². The second kappa shape index (κ2) is 9.41. The van der Waals surface area contributed by atoms with E-state index in [1.165, 1.54) is 16.0 Å². The number of aromatic nitrogens is 2. The number of nitrogens with zero attached hydrogens (tertiary/aromatic N) is 3. The van der Waals surface area contributed by atoms with Crippen molar-refractivity contribution in [1.82, 2.24) is 14.9 Å². The predicted octanol–water partition coefficient (Wildman–Crippen LogP) is 4.70. The lowest BCUT2D eigenvalue weighted by atomic mass is 9.88. The summed E-state index contributed by atoms with van der Waals surface area (Å²) in [4.78, 5) is 23.5. The Balaban J connectivity index is 1.21. The van der Waals surface area contributed by atoms with Crippen LogP contribution in [0.4, 0.5) is 11.5 Å². The van der Waals surface area contributed by atoms with Crippen LogP contribution in [0.3, 0.4) is 0 Å². The zero-order valence-corrected chi connectivity index (χ0v) is 19.3. The molecule has 0 radical (unpaired) electrons. The van der Waals surface area contributed by atoms with Gasteiger partial charge in [0.2, 0.25) is 0 Å². The minimum atomic E-state index is -0.845. The highest BCUT2D eigenvalue weighted by Gasteiger charge is 2.23. The van der Waals surface area contributed by atoms with Crippen LogP contribution in [0.5, 0.6) is 5.75 Å². The minimum absolute atomic E-state index is 0.0196. The van der Waals surface area contributed by atoms with Gasteiger partial charge in [0.25, 0.3) is 0 Å². The van der Waals surface area contributed by atoms with Gasteiger partial charge in [0.1, 0.15) is 10.8 Å². The van der Waals surface area contributed by atoms with Gasteiger partial charge in [-0.15, -0.1) is 0 Å². The Morgan fingerprint density at radius 2 is 2.00 bits per heavy atom. The molecule has 3 heterocycles. The number of likely N-dealkylation sites (tertiary alicyclic amines) is 1. The smallest absolute Gasteiger partial charge is 0.307 e. The number of methoxy groups -OCH3 is 1. The second-order valence-electron chi connectivity index (χ2n) is 8.46. The molecule has 1 aromatic heterocycles. The molecule has 3 aromatic rings. The van der Waals surface area contributed by atoms with E-state index in [1.807, 2.05) is 12.1 Å². The number of nitrogens with one attached hydrogen (secondary N) is 1. The van der Waals surface area contributed by atoms with Crippen LogP contribution in [-0.2, 0) is 17.8 Å². The number of ether oxygens (including phenoxy) is 1. The van der Waals surface area contributed by atoms with Crippen LogP contribution in [-0.4, -0.2) is 46.1 Å². The average molecular weight is 463 g/mol. The number of carbonyl (C=O) groups is 1. The third-order valence-corrected chi connectivity index (χ3v) is 7.35. The summed E-state index contributed by atoms with van der Waals surface area (Å²) < 4.78 is 5.46. The first-order valence-corrected chi connectivity index (χ1v) is 11.9. The first-order valence-electron chi connectivity index (χ1n) is 11.1. The fourth-order valence-electron chi connectivity index (χ4n) is 4.59. The third kappa shape index (κ3) is 4.82. The number of hydrogen-bond acceptors (Lipinski definition) is 7. The van der Waals surface area contributed by atoms with E-state index in [0.29, 0.717) is 11.7 Å². The van der Waals surface area contributed by atoms with E-state index >= 15 is 0 Å². The first-order chi connectivity index (χ1) is 16.1. The van der Waals surface area contributed by atoms with Gasteiger partial charge in [0.05, 0.1) is 19.2 Å². The Morgan fingerprint density at radius 3 is 2.79 bits per heavy atom. The summed E-state index contributed by atoms with van der Waals surface area (Å²) in [6.45, 7) is 2.97. The third-order valence-electron chi connectivity index (χ3n) is 6.29. The minimum Gasteiger partial charge on any atom is -0.496 e. The molecule has 0 amide bonds. The summed E-state index contributed by atoms with van der Waals surface area (Å²) in [6, 6.07) is 12.6. The van der Waals surface area contributed by atoms with Crippen molar-refractivity contribution in [1.29, 1.82) is 0 Å². The summed E-state index contributed by atoms with van der Waals surface area (Å²) in [6.07, 6.45) is 5.55. The lowest BCUT2D eigenvalue weighted by molar-refractivity contribution is -0.136. The van der Waals surface area contributed by atoms with Crippen LogP contribution in [0, 0.1) is 0 Å². The molecule has 1 fully saturated rings. The van der Waals surface area contributed by atoms with Gasteiger partial charge in [0.15, 0.2) is 5.82 Å². The molecule has 0 saturated carbocycles. The van der Waals surface area contributed by atoms with Crippen LogP contribution >= 0.6 is 11.8 Å². The number of piperidine rings is 1. The fourth-order valence-corrected chi connectivity index (χ4v) is 5.46. The SMILES string of the molecule is COc1cc(C2CCN(Cc3ccc4c(c3)Nc3nccnc3S4)CC2)ccc1CC(=O)O. The van der Waals surface area contributed by atoms with E-state index < -0.39 is 5.97 Å². The Morgan fingerprint density at radius 1 is 1.18 bits per heavy atom. The van der Waals surface area contributed by atoms with Crippen molar-refractivity contribution in [3.8, 4) is 5.75 Å². The summed E-state index contributed by atoms with van der Waals surface area (Å²) in [5.41, 5.74) is 4.33. The number of aliphatic carboxylic acids is 1. The number of rotatable bonds is 6. The van der Waals surface area contributed by atoms with Crippen molar-refractivity contribution in [3.63, 3.8) is 0 Å². The van der Waals surface area contributed by atoms with Crippen molar-refractivity contribution in [2.24, 2.45) is 0 Å². The van der Waals surface area contributed by atoms with E-state index in [9.17, 15) is 4.79 Å². The second-order valence-corrected chi connectivity index (χ2v) is 9.49. The maximum absolute atomic E-state index is 11.1. The zero-order chi connectivity index (χ0) is 22.8. The Hall–Kier alpha value is -3.10. The lowest BCUT2D eigenvalue weighted by Gasteiger charge is -2.32. The van der Waals surface area contributed by atoms with Gasteiger partial charge < -0.3 is 15.2 Å². The maximum atomic E-state index is 11.1. The number of anilines is 2. The largest absolute Gasteiger partial charge is 0.496 e. The summed E-state index contributed by atoms with van der Waals surface area (Å²) >= 11 is 1.65. The van der Waals surface area contributed by atoms with E-state index in [1.54, 1.807) is 31.3 Å². The highest BCUT2D eigenvalue weighted by molar-refractivity contribution is 7.99. The molecule has 170 valence electrons. The molecule has 8 heteroatoms. The number of carboxylic acid groups (broad SMARTS) is 1. The standard InChI is InChI=1S/C25H26N4O3S/c1-32-21-13-18(3-4-19(21)14-23(30)31)17-6-10-29(11-7-17)15-16-2-5-22-20(12-16)28-24-25(33-22)27-9-8-26-24/h2-5,8-9,12-13,17H,6-7,10-11,14-15H2,1H3,(H,26,28)(H,30,31). The molecule has 0 bridgehead atoms. The molecule has 0 aliphatic carbocycles. The lowest BCUT2D eigenvalue weighted by Crippen LogP contribution is -2.32. The normalized spacial score (nSPS) is 15.9. The molecule has 2 aliphatic rings. The van der Waals surface area contributed by atoms with Crippen LogP contribution in [0.1, 0.15) is 35.4 Å². The summed E-state index contributed by atoms with van der Waals surface area (Å²) in [5.74, 6) is 1.11. The Labute approximate surface area is 197 Å². The summed E-state index contributed by atoms with van der Waals surface area (Å²) in [5, 5.41) is 13.4. The molecular weight excluding hydrogens is 436 g/mol. The topological polar surface area (TPSA) is 87.6 Å². The van der Waals surface area contributed by atoms with Crippen LogP contribution in [0.15, 0.2) is 58.7 Å². The highest BCUT2D eigenvalue weighted by atomic mass is 32.2. The molecule has 33 heavy (non-hydrogen) atoms. The van der Waals surface area contributed by atoms with Crippen LogP contribution in [0.2, 0.25) is 0 Å². The highest BCUT2D eigenvalue weighted by Crippen LogP contribution is 2.42. The van der Waals surface area contributed by atoms with Crippen LogP contribution in [0.25, 0.3) is 0 Å². The quantitative estimate of drug-likeness (QED) is 0.426. The van der Waals surface area contributed by atoms with Crippen LogP contribution < -0.4 is 10.1 Å². The van der Waals surface area contributed by atoms with Gasteiger partial charge in [-0.25, -0.2) is 9.97 Å². The molecule has 5 rings (SSSR count). The van der Waals surface area contributed by atoms with Gasteiger partial charge in [-0.1, -0.05) is 30.0 Å². The monoisotopic (exact) mass is 462 g/mol. The van der Waals surface area contributed by atoms with E-state index in [2.05, 4.69) is 44.5 Å². The number of benzene rings is 2. The van der Waals surface area contributed by atoms with Crippen molar-refractivity contribution in [2.45, 2.75) is 41.6 Å². The van der Waals surface area contributed by atoms with Gasteiger partial charge in [-0.05, 0) is 61.2 Å². The molecule has 0 spiro atoms. The number of carboxylic acids is 1. The molecule has 0 atom stereocenters. The molecule has 7 nitrogen and oxygen atoms in total.